The molecule has 0 aliphatic heterocycles. The maximum absolute atomic E-state index is 11.6. The summed E-state index contributed by atoms with van der Waals surface area (Å²) in [4.78, 5) is 15.6. The SMILES string of the molecule is CCOC(=O)c1ccnc(OCCCOC)c1N. The fourth-order valence-corrected chi connectivity index (χ4v) is 1.33. The van der Waals surface area contributed by atoms with Crippen LogP contribution in [0.3, 0.4) is 0 Å². The van der Waals surface area contributed by atoms with Crippen molar-refractivity contribution in [1.82, 2.24) is 4.98 Å². The first-order chi connectivity index (χ1) is 8.70. The number of nitrogens with two attached hydrogens (primary N) is 1. The van der Waals surface area contributed by atoms with Crippen LogP contribution in [0.2, 0.25) is 0 Å². The second-order valence-electron chi connectivity index (χ2n) is 3.49. The number of ether oxygens (including phenoxy) is 3. The van der Waals surface area contributed by atoms with Crippen molar-refractivity contribution in [3.8, 4) is 5.88 Å². The van der Waals surface area contributed by atoms with E-state index in [1.54, 1.807) is 14.0 Å². The van der Waals surface area contributed by atoms with Gasteiger partial charge in [0.25, 0.3) is 0 Å². The first-order valence-corrected chi connectivity index (χ1v) is 5.74. The molecule has 18 heavy (non-hydrogen) atoms. The zero-order valence-electron chi connectivity index (χ0n) is 10.6. The molecule has 0 saturated carbocycles. The van der Waals surface area contributed by atoms with Gasteiger partial charge in [0.2, 0.25) is 5.88 Å². The summed E-state index contributed by atoms with van der Waals surface area (Å²) in [6.07, 6.45) is 2.19. The summed E-state index contributed by atoms with van der Waals surface area (Å²) in [5.41, 5.74) is 6.28. The average Bonchev–Trinajstić information content (AvgIpc) is 2.36. The first kappa shape index (κ1) is 14.2. The van der Waals surface area contributed by atoms with Crippen molar-refractivity contribution in [1.29, 1.82) is 0 Å². The summed E-state index contributed by atoms with van der Waals surface area (Å²) in [6.45, 7) is 3.05. The fraction of sp³-hybridized carbons (Fsp3) is 0.500. The van der Waals surface area contributed by atoms with Crippen molar-refractivity contribution in [2.75, 3.05) is 32.7 Å². The van der Waals surface area contributed by atoms with Crippen molar-refractivity contribution < 1.29 is 19.0 Å². The van der Waals surface area contributed by atoms with Gasteiger partial charge in [-0.3, -0.25) is 0 Å². The summed E-state index contributed by atoms with van der Waals surface area (Å²) < 4.78 is 15.2. The van der Waals surface area contributed by atoms with E-state index in [1.165, 1.54) is 12.3 Å². The van der Waals surface area contributed by atoms with E-state index in [1.807, 2.05) is 0 Å². The molecule has 6 nitrogen and oxygen atoms in total. The molecule has 0 radical (unpaired) electrons. The molecule has 2 N–H and O–H groups in total. The lowest BCUT2D eigenvalue weighted by Crippen LogP contribution is -2.11. The summed E-state index contributed by atoms with van der Waals surface area (Å²) in [7, 11) is 1.62. The molecule has 1 rings (SSSR count). The van der Waals surface area contributed by atoms with Crippen LogP contribution in [0.1, 0.15) is 23.7 Å². The number of hydrogen-bond acceptors (Lipinski definition) is 6. The Labute approximate surface area is 106 Å². The first-order valence-electron chi connectivity index (χ1n) is 5.74. The molecule has 0 aliphatic carbocycles. The van der Waals surface area contributed by atoms with E-state index >= 15 is 0 Å². The molecule has 0 aliphatic rings. The van der Waals surface area contributed by atoms with Gasteiger partial charge in [-0.15, -0.1) is 0 Å². The highest BCUT2D eigenvalue weighted by molar-refractivity contribution is 5.96. The highest BCUT2D eigenvalue weighted by Crippen LogP contribution is 2.23. The molecule has 0 unspecified atom stereocenters. The standard InChI is InChI=1S/C12H18N2O4/c1-3-17-12(15)9-5-6-14-11(10(9)13)18-8-4-7-16-2/h5-6H,3-4,7-8,13H2,1-2H3. The molecule has 0 saturated heterocycles. The highest BCUT2D eigenvalue weighted by Gasteiger charge is 2.15. The van der Waals surface area contributed by atoms with E-state index in [9.17, 15) is 4.79 Å². The summed E-state index contributed by atoms with van der Waals surface area (Å²) in [5, 5.41) is 0. The molecule has 0 fully saturated rings. The van der Waals surface area contributed by atoms with Crippen LogP contribution < -0.4 is 10.5 Å². The summed E-state index contributed by atoms with van der Waals surface area (Å²) >= 11 is 0. The number of carbonyl (C=O) groups is 1. The Morgan fingerprint density at radius 2 is 2.22 bits per heavy atom. The Kier molecular flexibility index (Phi) is 5.93. The van der Waals surface area contributed by atoms with E-state index in [2.05, 4.69) is 4.98 Å². The van der Waals surface area contributed by atoms with Crippen LogP contribution in [0.25, 0.3) is 0 Å². The van der Waals surface area contributed by atoms with Gasteiger partial charge in [0, 0.05) is 26.3 Å². The number of aromatic nitrogens is 1. The second kappa shape index (κ2) is 7.50. The predicted molar refractivity (Wildman–Crippen MR) is 66.6 cm³/mol. The molecule has 100 valence electrons. The van der Waals surface area contributed by atoms with Crippen LogP contribution in [-0.2, 0) is 9.47 Å². The molecule has 0 spiro atoms. The van der Waals surface area contributed by atoms with Gasteiger partial charge in [-0.1, -0.05) is 0 Å². The third kappa shape index (κ3) is 3.89. The van der Waals surface area contributed by atoms with E-state index in [0.29, 0.717) is 19.8 Å². The fourth-order valence-electron chi connectivity index (χ4n) is 1.33. The largest absolute Gasteiger partial charge is 0.476 e. The number of nitrogens with zero attached hydrogens (tertiary/aromatic N) is 1. The lowest BCUT2D eigenvalue weighted by atomic mass is 10.2. The van der Waals surface area contributed by atoms with E-state index < -0.39 is 5.97 Å². The highest BCUT2D eigenvalue weighted by atomic mass is 16.5. The topological polar surface area (TPSA) is 83.7 Å². The van der Waals surface area contributed by atoms with E-state index in [0.717, 1.165) is 6.42 Å². The molecule has 1 heterocycles. The molecule has 0 bridgehead atoms. The molecule has 1 aromatic heterocycles. The third-order valence-corrected chi connectivity index (χ3v) is 2.18. The van der Waals surface area contributed by atoms with Crippen LogP contribution in [0.4, 0.5) is 5.69 Å². The van der Waals surface area contributed by atoms with Crippen LogP contribution in [-0.4, -0.2) is 37.9 Å². The van der Waals surface area contributed by atoms with Gasteiger partial charge < -0.3 is 19.9 Å². The Balaban J connectivity index is 2.69. The number of carbonyl (C=O) groups excluding carboxylic acids is 1. The Morgan fingerprint density at radius 1 is 1.44 bits per heavy atom. The van der Waals surface area contributed by atoms with Gasteiger partial charge in [-0.25, -0.2) is 9.78 Å². The molecule has 0 aromatic carbocycles. The smallest absolute Gasteiger partial charge is 0.340 e. The number of methoxy groups -OCH3 is 1. The van der Waals surface area contributed by atoms with Crippen molar-refractivity contribution in [2.45, 2.75) is 13.3 Å². The number of pyridine rings is 1. The minimum absolute atomic E-state index is 0.202. The Hall–Kier alpha value is -1.82. The zero-order valence-corrected chi connectivity index (χ0v) is 10.6. The molecule has 1 aromatic rings. The molecular weight excluding hydrogens is 236 g/mol. The quantitative estimate of drug-likeness (QED) is 0.582. The van der Waals surface area contributed by atoms with Gasteiger partial charge in [0.1, 0.15) is 5.69 Å². The van der Waals surface area contributed by atoms with Crippen molar-refractivity contribution in [3.63, 3.8) is 0 Å². The number of anilines is 1. The number of esters is 1. The second-order valence-corrected chi connectivity index (χ2v) is 3.49. The maximum atomic E-state index is 11.6. The van der Waals surface area contributed by atoms with Crippen molar-refractivity contribution >= 4 is 11.7 Å². The monoisotopic (exact) mass is 254 g/mol. The molecular formula is C12H18N2O4. The minimum atomic E-state index is -0.473. The predicted octanol–water partition coefficient (Wildman–Crippen LogP) is 1.26. The number of rotatable bonds is 7. The zero-order chi connectivity index (χ0) is 13.4. The van der Waals surface area contributed by atoms with Crippen LogP contribution in [0.15, 0.2) is 12.3 Å². The lowest BCUT2D eigenvalue weighted by Gasteiger charge is -2.10. The van der Waals surface area contributed by atoms with E-state index in [4.69, 9.17) is 19.9 Å². The van der Waals surface area contributed by atoms with Crippen molar-refractivity contribution in [2.24, 2.45) is 0 Å². The van der Waals surface area contributed by atoms with Crippen LogP contribution >= 0.6 is 0 Å². The van der Waals surface area contributed by atoms with Gasteiger partial charge in [0.15, 0.2) is 0 Å². The maximum Gasteiger partial charge on any atom is 0.340 e. The number of nitrogen functional groups attached to an aromatic ring is 1. The van der Waals surface area contributed by atoms with Gasteiger partial charge in [-0.05, 0) is 13.0 Å². The Bertz CT molecular complexity index is 396. The van der Waals surface area contributed by atoms with Crippen LogP contribution in [0, 0.1) is 0 Å². The third-order valence-electron chi connectivity index (χ3n) is 2.18. The van der Waals surface area contributed by atoms with Gasteiger partial charge in [-0.2, -0.15) is 0 Å². The molecule has 0 amide bonds. The average molecular weight is 254 g/mol. The van der Waals surface area contributed by atoms with Crippen molar-refractivity contribution in [3.05, 3.63) is 17.8 Å². The summed E-state index contributed by atoms with van der Waals surface area (Å²) in [5.74, 6) is -0.226. The van der Waals surface area contributed by atoms with Crippen LogP contribution in [0.5, 0.6) is 5.88 Å². The normalized spacial score (nSPS) is 10.1. The molecule has 6 heteroatoms. The minimum Gasteiger partial charge on any atom is -0.476 e. The molecule has 0 atom stereocenters. The number of hydrogen-bond donors (Lipinski definition) is 1. The lowest BCUT2D eigenvalue weighted by molar-refractivity contribution is 0.0527. The van der Waals surface area contributed by atoms with E-state index in [-0.39, 0.29) is 17.1 Å². The van der Waals surface area contributed by atoms with Gasteiger partial charge in [0.05, 0.1) is 18.8 Å². The van der Waals surface area contributed by atoms with Gasteiger partial charge >= 0.3 is 5.97 Å². The summed E-state index contributed by atoms with van der Waals surface area (Å²) in [6, 6.07) is 1.51. The Morgan fingerprint density at radius 3 is 2.89 bits per heavy atom.